The summed E-state index contributed by atoms with van der Waals surface area (Å²) in [4.78, 5) is 9.03. The molecule has 3 nitrogen and oxygen atoms in total. The number of fused-ring (bicyclic) bond motifs is 1. The molecule has 0 aliphatic heterocycles. The molecular formula is C14H13N3. The van der Waals surface area contributed by atoms with Gasteiger partial charge >= 0.3 is 0 Å². The molecule has 3 rings (SSSR count). The molecule has 0 radical (unpaired) electrons. The van der Waals surface area contributed by atoms with Gasteiger partial charge in [-0.3, -0.25) is 4.98 Å². The maximum atomic E-state index is 4.61. The Balaban J connectivity index is 2.24. The molecule has 0 amide bonds. The average Bonchev–Trinajstić information content (AvgIpc) is 2.69. The fraction of sp³-hybridized carbons (Fsp3) is 0.143. The Bertz CT molecular complexity index is 666. The number of hydrogen-bond donors (Lipinski definition) is 0. The summed E-state index contributed by atoms with van der Waals surface area (Å²) in [5, 5.41) is 0. The van der Waals surface area contributed by atoms with Gasteiger partial charge in [0.05, 0.1) is 11.0 Å². The summed E-state index contributed by atoms with van der Waals surface area (Å²) in [6.45, 7) is 2.03. The molecule has 17 heavy (non-hydrogen) atoms. The summed E-state index contributed by atoms with van der Waals surface area (Å²) in [5.74, 6) is 0.909. The van der Waals surface area contributed by atoms with E-state index in [1.54, 1.807) is 0 Å². The number of nitrogens with zero attached hydrogens (tertiary/aromatic N) is 3. The van der Waals surface area contributed by atoms with Gasteiger partial charge in [0.15, 0.2) is 5.82 Å². The predicted molar refractivity (Wildman–Crippen MR) is 68.7 cm³/mol. The van der Waals surface area contributed by atoms with Gasteiger partial charge < -0.3 is 4.57 Å². The molecule has 0 fully saturated rings. The summed E-state index contributed by atoms with van der Waals surface area (Å²) < 4.78 is 2.08. The van der Waals surface area contributed by atoms with Crippen LogP contribution in [0.15, 0.2) is 42.6 Å². The van der Waals surface area contributed by atoms with Crippen molar-refractivity contribution in [3.8, 4) is 11.5 Å². The lowest BCUT2D eigenvalue weighted by Gasteiger charge is -2.01. The van der Waals surface area contributed by atoms with Gasteiger partial charge in [-0.15, -0.1) is 0 Å². The Hall–Kier alpha value is -2.16. The Labute approximate surface area is 99.8 Å². The maximum Gasteiger partial charge on any atom is 0.159 e. The number of imidazole rings is 1. The lowest BCUT2D eigenvalue weighted by atomic mass is 10.2. The smallest absolute Gasteiger partial charge is 0.159 e. The van der Waals surface area contributed by atoms with E-state index in [1.165, 1.54) is 0 Å². The Morgan fingerprint density at radius 1 is 1.06 bits per heavy atom. The van der Waals surface area contributed by atoms with Gasteiger partial charge in [-0.25, -0.2) is 4.98 Å². The highest BCUT2D eigenvalue weighted by Gasteiger charge is 2.09. The minimum absolute atomic E-state index is 0.909. The number of hydrogen-bond acceptors (Lipinski definition) is 2. The van der Waals surface area contributed by atoms with Crippen LogP contribution in [-0.4, -0.2) is 14.5 Å². The van der Waals surface area contributed by atoms with Crippen molar-refractivity contribution in [2.75, 3.05) is 0 Å². The molecule has 0 N–H and O–H groups in total. The minimum atomic E-state index is 0.909. The second-order valence-electron chi connectivity index (χ2n) is 4.20. The second kappa shape index (κ2) is 3.70. The van der Waals surface area contributed by atoms with Crippen molar-refractivity contribution in [3.05, 3.63) is 48.2 Å². The van der Waals surface area contributed by atoms with Crippen molar-refractivity contribution in [3.63, 3.8) is 0 Å². The van der Waals surface area contributed by atoms with Crippen LogP contribution in [0.25, 0.3) is 22.6 Å². The number of para-hydroxylation sites is 2. The molecule has 3 aromatic rings. The van der Waals surface area contributed by atoms with E-state index in [0.29, 0.717) is 0 Å². The van der Waals surface area contributed by atoms with Crippen molar-refractivity contribution in [1.82, 2.24) is 14.5 Å². The predicted octanol–water partition coefficient (Wildman–Crippen LogP) is 2.94. The summed E-state index contributed by atoms with van der Waals surface area (Å²) >= 11 is 0. The number of aromatic nitrogens is 3. The first-order valence-electron chi connectivity index (χ1n) is 5.60. The van der Waals surface area contributed by atoms with Crippen LogP contribution in [0.3, 0.4) is 0 Å². The summed E-state index contributed by atoms with van der Waals surface area (Å²) in [5.41, 5.74) is 4.21. The number of benzene rings is 1. The van der Waals surface area contributed by atoms with E-state index in [-0.39, 0.29) is 0 Å². The maximum absolute atomic E-state index is 4.61. The topological polar surface area (TPSA) is 30.7 Å². The molecule has 0 saturated carbocycles. The molecule has 0 unspecified atom stereocenters. The average molecular weight is 223 g/mol. The van der Waals surface area contributed by atoms with Crippen molar-refractivity contribution in [2.45, 2.75) is 6.92 Å². The SMILES string of the molecule is Cc1ccc(-c2nc3ccccc3n2C)nc1. The van der Waals surface area contributed by atoms with E-state index < -0.39 is 0 Å². The highest BCUT2D eigenvalue weighted by molar-refractivity contribution is 5.79. The van der Waals surface area contributed by atoms with Gasteiger partial charge in [0.25, 0.3) is 0 Å². The lowest BCUT2D eigenvalue weighted by molar-refractivity contribution is 0.949. The fourth-order valence-corrected chi connectivity index (χ4v) is 1.97. The van der Waals surface area contributed by atoms with Crippen molar-refractivity contribution in [1.29, 1.82) is 0 Å². The van der Waals surface area contributed by atoms with Gasteiger partial charge in [-0.2, -0.15) is 0 Å². The van der Waals surface area contributed by atoms with E-state index in [9.17, 15) is 0 Å². The zero-order chi connectivity index (χ0) is 11.8. The third-order valence-corrected chi connectivity index (χ3v) is 2.93. The normalized spacial score (nSPS) is 10.9. The molecule has 0 saturated heterocycles. The Morgan fingerprint density at radius 3 is 2.59 bits per heavy atom. The van der Waals surface area contributed by atoms with Crippen LogP contribution in [0.1, 0.15) is 5.56 Å². The Kier molecular flexibility index (Phi) is 2.18. The molecule has 3 heteroatoms. The van der Waals surface area contributed by atoms with Crippen LogP contribution in [-0.2, 0) is 7.05 Å². The van der Waals surface area contributed by atoms with Gasteiger partial charge in [0.1, 0.15) is 5.69 Å². The first-order valence-corrected chi connectivity index (χ1v) is 5.60. The van der Waals surface area contributed by atoms with E-state index >= 15 is 0 Å². The zero-order valence-corrected chi connectivity index (χ0v) is 9.88. The van der Waals surface area contributed by atoms with E-state index in [2.05, 4.69) is 26.7 Å². The summed E-state index contributed by atoms with van der Waals surface area (Å²) in [6, 6.07) is 12.2. The Morgan fingerprint density at radius 2 is 1.88 bits per heavy atom. The first-order chi connectivity index (χ1) is 8.25. The number of rotatable bonds is 1. The van der Waals surface area contributed by atoms with E-state index in [0.717, 1.165) is 28.1 Å². The molecule has 84 valence electrons. The highest BCUT2D eigenvalue weighted by Crippen LogP contribution is 2.21. The quantitative estimate of drug-likeness (QED) is 0.635. The first kappa shape index (κ1) is 10.0. The molecule has 0 bridgehead atoms. The molecule has 0 aliphatic rings. The van der Waals surface area contributed by atoms with E-state index in [4.69, 9.17) is 0 Å². The van der Waals surface area contributed by atoms with E-state index in [1.807, 2.05) is 44.4 Å². The third-order valence-electron chi connectivity index (χ3n) is 2.93. The minimum Gasteiger partial charge on any atom is -0.326 e. The summed E-state index contributed by atoms with van der Waals surface area (Å²) in [7, 11) is 2.02. The molecule has 2 aromatic heterocycles. The molecule has 0 aliphatic carbocycles. The van der Waals surface area contributed by atoms with Gasteiger partial charge in [0, 0.05) is 13.2 Å². The molecular weight excluding hydrogens is 210 g/mol. The zero-order valence-electron chi connectivity index (χ0n) is 9.88. The van der Waals surface area contributed by atoms with Crippen molar-refractivity contribution < 1.29 is 0 Å². The second-order valence-corrected chi connectivity index (χ2v) is 4.20. The van der Waals surface area contributed by atoms with Crippen LogP contribution < -0.4 is 0 Å². The lowest BCUT2D eigenvalue weighted by Crippen LogP contribution is -1.94. The molecule has 0 spiro atoms. The largest absolute Gasteiger partial charge is 0.326 e. The molecule has 2 heterocycles. The van der Waals surface area contributed by atoms with Crippen LogP contribution in [0, 0.1) is 6.92 Å². The molecule has 1 aromatic carbocycles. The van der Waals surface area contributed by atoms with Crippen LogP contribution in [0.4, 0.5) is 0 Å². The number of pyridine rings is 1. The monoisotopic (exact) mass is 223 g/mol. The van der Waals surface area contributed by atoms with Gasteiger partial charge in [-0.1, -0.05) is 18.2 Å². The van der Waals surface area contributed by atoms with Crippen LogP contribution in [0.2, 0.25) is 0 Å². The number of aryl methyl sites for hydroxylation is 2. The van der Waals surface area contributed by atoms with Gasteiger partial charge in [0.2, 0.25) is 0 Å². The van der Waals surface area contributed by atoms with Crippen molar-refractivity contribution >= 4 is 11.0 Å². The van der Waals surface area contributed by atoms with Crippen LogP contribution in [0.5, 0.6) is 0 Å². The van der Waals surface area contributed by atoms with Gasteiger partial charge in [-0.05, 0) is 30.7 Å². The summed E-state index contributed by atoms with van der Waals surface area (Å²) in [6.07, 6.45) is 1.87. The fourth-order valence-electron chi connectivity index (χ4n) is 1.97. The standard InChI is InChI=1S/C14H13N3/c1-10-7-8-12(15-9-10)14-16-11-5-3-4-6-13(11)17(14)2/h3-9H,1-2H3. The van der Waals surface area contributed by atoms with Crippen molar-refractivity contribution in [2.24, 2.45) is 7.05 Å². The van der Waals surface area contributed by atoms with Crippen LogP contribution >= 0.6 is 0 Å². The highest BCUT2D eigenvalue weighted by atomic mass is 15.1. The molecule has 0 atom stereocenters. The third kappa shape index (κ3) is 1.60.